The van der Waals surface area contributed by atoms with Crippen molar-refractivity contribution in [1.82, 2.24) is 0 Å². The second kappa shape index (κ2) is 25.2. The van der Waals surface area contributed by atoms with E-state index in [-0.39, 0.29) is 5.54 Å². The molecule has 0 saturated heterocycles. The first-order valence-electron chi connectivity index (χ1n) is 14.0. The second-order valence-electron chi connectivity index (χ2n) is 9.75. The normalized spacial score (nSPS) is 12.0. The van der Waals surface area contributed by atoms with E-state index < -0.39 is 7.82 Å². The van der Waals surface area contributed by atoms with Gasteiger partial charge in [0.1, 0.15) is 0 Å². The fourth-order valence-electron chi connectivity index (χ4n) is 4.22. The van der Waals surface area contributed by atoms with Crippen molar-refractivity contribution in [2.45, 2.75) is 161 Å². The lowest BCUT2D eigenvalue weighted by molar-refractivity contribution is 0.204. The lowest BCUT2D eigenvalue weighted by atomic mass is 9.82. The van der Waals surface area contributed by atoms with Gasteiger partial charge in [0, 0.05) is 19.8 Å². The molecule has 3 N–H and O–H groups in total. The molecule has 0 aromatic heterocycles. The average molecular weight is 494 g/mol. The molecule has 202 valence electrons. The highest BCUT2D eigenvalue weighted by Gasteiger charge is 2.23. The topological polar surface area (TPSA) is 81.8 Å². The van der Waals surface area contributed by atoms with Gasteiger partial charge in [-0.25, -0.2) is 4.57 Å². The largest absolute Gasteiger partial charge is 0.471 e. The molecule has 0 aliphatic rings. The van der Waals surface area contributed by atoms with Gasteiger partial charge in [0.05, 0.1) is 0 Å². The van der Waals surface area contributed by atoms with Crippen LogP contribution >= 0.6 is 7.82 Å². The summed E-state index contributed by atoms with van der Waals surface area (Å²) >= 11 is 0. The average Bonchev–Trinajstić information content (AvgIpc) is 2.81. The van der Waals surface area contributed by atoms with E-state index in [0.717, 1.165) is 14.2 Å². The minimum absolute atomic E-state index is 0.139. The second-order valence-corrected chi connectivity index (χ2v) is 11.4. The molecule has 0 unspecified atom stereocenters. The zero-order valence-corrected chi connectivity index (χ0v) is 23.9. The summed E-state index contributed by atoms with van der Waals surface area (Å²) in [5, 5.41) is 0. The van der Waals surface area contributed by atoms with Crippen LogP contribution in [0.15, 0.2) is 0 Å². The van der Waals surface area contributed by atoms with E-state index in [2.05, 4.69) is 29.8 Å². The van der Waals surface area contributed by atoms with Crippen molar-refractivity contribution in [3.05, 3.63) is 0 Å². The highest BCUT2D eigenvalue weighted by molar-refractivity contribution is 7.47. The van der Waals surface area contributed by atoms with Crippen LogP contribution in [0, 0.1) is 0 Å². The van der Waals surface area contributed by atoms with Crippen molar-refractivity contribution in [2.24, 2.45) is 5.73 Å². The van der Waals surface area contributed by atoms with Crippen LogP contribution in [0.1, 0.15) is 156 Å². The number of unbranched alkanes of at least 4 members (excludes halogenated alkanes) is 15. The number of phosphoric acid groups is 1. The van der Waals surface area contributed by atoms with E-state index in [0.29, 0.717) is 0 Å². The summed E-state index contributed by atoms with van der Waals surface area (Å²) in [5.41, 5.74) is 7.06. The molecule has 0 atom stereocenters. The van der Waals surface area contributed by atoms with Crippen LogP contribution in [0.25, 0.3) is 0 Å². The third-order valence-electron chi connectivity index (χ3n) is 6.55. The standard InChI is InChI=1S/C25H53N.C2H7O4P/c1-4-7-10-13-16-19-22-25(26,23-20-17-14-11-8-5-2)24-21-18-15-12-9-6-3;1-5-7(3,4)6-2/h4-24,26H2,1-3H3;1-2H3,(H,3,4). The molecule has 0 rings (SSSR count). The van der Waals surface area contributed by atoms with E-state index in [4.69, 9.17) is 10.6 Å². The predicted molar refractivity (Wildman–Crippen MR) is 145 cm³/mol. The minimum atomic E-state index is -3.65. The molecule has 6 heteroatoms. The van der Waals surface area contributed by atoms with Crippen molar-refractivity contribution in [3.8, 4) is 0 Å². The van der Waals surface area contributed by atoms with Crippen molar-refractivity contribution in [3.63, 3.8) is 0 Å². The Kier molecular flexibility index (Phi) is 26.9. The summed E-state index contributed by atoms with van der Waals surface area (Å²) < 4.78 is 18.0. The number of hydrogen-bond acceptors (Lipinski definition) is 4. The van der Waals surface area contributed by atoms with Crippen LogP contribution in [0.4, 0.5) is 0 Å². The van der Waals surface area contributed by atoms with Gasteiger partial charge in [-0.05, 0) is 19.3 Å². The van der Waals surface area contributed by atoms with Crippen LogP contribution in [0.2, 0.25) is 0 Å². The maximum Gasteiger partial charge on any atom is 0.471 e. The fraction of sp³-hybridized carbons (Fsp3) is 1.00. The van der Waals surface area contributed by atoms with Gasteiger partial charge in [-0.15, -0.1) is 0 Å². The minimum Gasteiger partial charge on any atom is -0.325 e. The SMILES string of the molecule is CCCCCCCCC(N)(CCCCCCCC)CCCCCCCC.COP(=O)(O)OC. The van der Waals surface area contributed by atoms with Crippen molar-refractivity contribution >= 4 is 7.82 Å². The zero-order chi connectivity index (χ0) is 25.3. The summed E-state index contributed by atoms with van der Waals surface area (Å²) in [5.74, 6) is 0. The molecule has 0 amide bonds. The summed E-state index contributed by atoms with van der Waals surface area (Å²) in [6, 6.07) is 0. The zero-order valence-electron chi connectivity index (χ0n) is 23.0. The number of rotatable bonds is 23. The summed E-state index contributed by atoms with van der Waals surface area (Å²) in [4.78, 5) is 8.24. The molecule has 0 aromatic carbocycles. The highest BCUT2D eigenvalue weighted by Crippen LogP contribution is 2.40. The molecule has 0 aliphatic carbocycles. The van der Waals surface area contributed by atoms with Crippen molar-refractivity contribution in [1.29, 1.82) is 0 Å². The third-order valence-corrected chi connectivity index (χ3v) is 7.47. The Morgan fingerprint density at radius 2 is 0.818 bits per heavy atom. The van der Waals surface area contributed by atoms with Gasteiger partial charge in [-0.1, -0.05) is 136 Å². The van der Waals surface area contributed by atoms with Crippen LogP contribution in [0.5, 0.6) is 0 Å². The maximum absolute atomic E-state index is 10.1. The van der Waals surface area contributed by atoms with Gasteiger partial charge in [0.15, 0.2) is 0 Å². The predicted octanol–water partition coefficient (Wildman–Crippen LogP) is 9.32. The fourth-order valence-corrected chi connectivity index (χ4v) is 4.37. The molecule has 33 heavy (non-hydrogen) atoms. The summed E-state index contributed by atoms with van der Waals surface area (Å²) in [6.45, 7) is 6.89. The van der Waals surface area contributed by atoms with Gasteiger partial charge in [0.25, 0.3) is 0 Å². The lowest BCUT2D eigenvalue weighted by Gasteiger charge is -2.30. The molecule has 0 radical (unpaired) electrons. The highest BCUT2D eigenvalue weighted by atomic mass is 31.2. The Morgan fingerprint density at radius 3 is 1.03 bits per heavy atom. The van der Waals surface area contributed by atoms with E-state index in [9.17, 15) is 4.57 Å². The number of nitrogens with two attached hydrogens (primary N) is 1. The van der Waals surface area contributed by atoms with Crippen LogP contribution in [0.3, 0.4) is 0 Å². The van der Waals surface area contributed by atoms with Gasteiger partial charge in [-0.2, -0.15) is 0 Å². The smallest absolute Gasteiger partial charge is 0.325 e. The molecule has 0 saturated carbocycles. The number of phosphoric ester groups is 1. The molecule has 0 bridgehead atoms. The van der Waals surface area contributed by atoms with Gasteiger partial charge in [0.2, 0.25) is 0 Å². The lowest BCUT2D eigenvalue weighted by Crippen LogP contribution is -2.39. The van der Waals surface area contributed by atoms with Crippen LogP contribution < -0.4 is 5.73 Å². The third kappa shape index (κ3) is 26.5. The van der Waals surface area contributed by atoms with Gasteiger partial charge >= 0.3 is 7.82 Å². The Hall–Kier alpha value is 0.0700. The van der Waals surface area contributed by atoms with E-state index in [1.165, 1.54) is 135 Å². The molecule has 0 fully saturated rings. The van der Waals surface area contributed by atoms with Gasteiger partial charge in [-0.3, -0.25) is 9.05 Å². The molecular weight excluding hydrogens is 433 g/mol. The number of hydrogen-bond donors (Lipinski definition) is 2. The Balaban J connectivity index is 0. The summed E-state index contributed by atoms with van der Waals surface area (Å²) in [7, 11) is -1.45. The molecular formula is C27H60NO4P. The Morgan fingerprint density at radius 1 is 0.576 bits per heavy atom. The molecule has 0 heterocycles. The van der Waals surface area contributed by atoms with E-state index in [1.807, 2.05) is 0 Å². The molecule has 0 spiro atoms. The van der Waals surface area contributed by atoms with E-state index in [1.54, 1.807) is 0 Å². The Labute approximate surface area is 207 Å². The van der Waals surface area contributed by atoms with Gasteiger partial charge < -0.3 is 10.6 Å². The van der Waals surface area contributed by atoms with Crippen LogP contribution in [-0.2, 0) is 13.6 Å². The first-order chi connectivity index (χ1) is 15.8. The van der Waals surface area contributed by atoms with Crippen molar-refractivity contribution in [2.75, 3.05) is 14.2 Å². The quantitative estimate of drug-likeness (QED) is 0.109. The van der Waals surface area contributed by atoms with Crippen molar-refractivity contribution < 1.29 is 18.5 Å². The first kappa shape index (κ1) is 35.2. The molecule has 0 aromatic rings. The summed E-state index contributed by atoms with van der Waals surface area (Å²) in [6.07, 6.45) is 28.8. The Bertz CT molecular complexity index is 386. The maximum atomic E-state index is 10.1. The van der Waals surface area contributed by atoms with Crippen LogP contribution in [-0.4, -0.2) is 24.7 Å². The monoisotopic (exact) mass is 493 g/mol. The molecule has 0 aliphatic heterocycles. The van der Waals surface area contributed by atoms with E-state index >= 15 is 0 Å². The molecule has 5 nitrogen and oxygen atoms in total. The first-order valence-corrected chi connectivity index (χ1v) is 15.5.